The van der Waals surface area contributed by atoms with Gasteiger partial charge in [0.25, 0.3) is 0 Å². The summed E-state index contributed by atoms with van der Waals surface area (Å²) in [6, 6.07) is 6.82. The number of esters is 1. The third kappa shape index (κ3) is 4.73. The molecule has 0 amide bonds. The molecule has 0 saturated carbocycles. The van der Waals surface area contributed by atoms with Crippen LogP contribution in [0.25, 0.3) is 0 Å². The molecule has 0 radical (unpaired) electrons. The van der Waals surface area contributed by atoms with Gasteiger partial charge in [-0.15, -0.1) is 0 Å². The van der Waals surface area contributed by atoms with Crippen molar-refractivity contribution in [2.75, 3.05) is 5.43 Å². The van der Waals surface area contributed by atoms with Crippen molar-refractivity contribution in [2.24, 2.45) is 5.10 Å². The number of aromatic amines is 1. The summed E-state index contributed by atoms with van der Waals surface area (Å²) in [5, 5.41) is 10.4. The van der Waals surface area contributed by atoms with Crippen LogP contribution >= 0.6 is 0 Å². The molecule has 126 valence electrons. The first-order chi connectivity index (χ1) is 11.3. The highest BCUT2D eigenvalue weighted by Gasteiger charge is 2.21. The summed E-state index contributed by atoms with van der Waals surface area (Å²) in [6.07, 6.45) is 1.56. The summed E-state index contributed by atoms with van der Waals surface area (Å²) in [5.41, 5.74) is 3.28. The van der Waals surface area contributed by atoms with E-state index in [0.29, 0.717) is 17.3 Å². The van der Waals surface area contributed by atoms with E-state index in [-0.39, 0.29) is 11.4 Å². The third-order valence-corrected chi connectivity index (χ3v) is 2.94. The highest BCUT2D eigenvalue weighted by molar-refractivity contribution is 5.80. The number of nitrogens with one attached hydrogen (secondary N) is 2. The molecule has 0 fully saturated rings. The maximum atomic E-state index is 11.4. The molecule has 0 spiro atoms. The number of rotatable bonds is 4. The molecule has 0 aliphatic carbocycles. The number of H-pyrrole nitrogens is 1. The highest BCUT2D eigenvalue weighted by atomic mass is 16.5. The Morgan fingerprint density at radius 3 is 2.54 bits per heavy atom. The minimum Gasteiger partial charge on any atom is -0.427 e. The number of hydrazone groups is 1. The van der Waals surface area contributed by atoms with Gasteiger partial charge in [-0.05, 0) is 29.8 Å². The van der Waals surface area contributed by atoms with E-state index in [0.717, 1.165) is 5.56 Å². The number of nitrogens with zero attached hydrogens (tertiary/aromatic N) is 3. The first-order valence-corrected chi connectivity index (χ1v) is 7.30. The number of ether oxygens (including phenoxy) is 1. The molecule has 1 aromatic carbocycles. The number of hydrogen-bond acceptors (Lipinski definition) is 7. The first-order valence-electron chi connectivity index (χ1n) is 7.30. The van der Waals surface area contributed by atoms with Crippen LogP contribution in [0.3, 0.4) is 0 Å². The minimum atomic E-state index is -0.550. The van der Waals surface area contributed by atoms with Gasteiger partial charge in [0.05, 0.1) is 6.21 Å². The zero-order valence-electron chi connectivity index (χ0n) is 14.0. The maximum Gasteiger partial charge on any atom is 0.363 e. The lowest BCUT2D eigenvalue weighted by molar-refractivity contribution is -0.131. The maximum absolute atomic E-state index is 11.4. The lowest BCUT2D eigenvalue weighted by Gasteiger charge is -2.18. The minimum absolute atomic E-state index is 0.305. The van der Waals surface area contributed by atoms with Crippen molar-refractivity contribution >= 4 is 18.0 Å². The van der Waals surface area contributed by atoms with Crippen LogP contribution in [0.15, 0.2) is 34.2 Å². The summed E-state index contributed by atoms with van der Waals surface area (Å²) in [5.74, 6) is 0.391. The van der Waals surface area contributed by atoms with E-state index in [2.05, 4.69) is 25.7 Å². The van der Waals surface area contributed by atoms with E-state index in [4.69, 9.17) is 4.74 Å². The van der Waals surface area contributed by atoms with Gasteiger partial charge in [-0.1, -0.05) is 20.8 Å². The molecule has 1 heterocycles. The van der Waals surface area contributed by atoms with E-state index >= 15 is 0 Å². The number of anilines is 1. The molecule has 0 bridgehead atoms. The fraction of sp³-hybridized carbons (Fsp3) is 0.312. The van der Waals surface area contributed by atoms with Gasteiger partial charge in [0.15, 0.2) is 5.82 Å². The lowest BCUT2D eigenvalue weighted by Crippen LogP contribution is -2.24. The van der Waals surface area contributed by atoms with E-state index < -0.39 is 5.69 Å². The fourth-order valence-electron chi connectivity index (χ4n) is 1.89. The summed E-state index contributed by atoms with van der Waals surface area (Å²) in [4.78, 5) is 26.1. The Kier molecular flexibility index (Phi) is 5.08. The molecule has 0 unspecified atom stereocenters. The molecule has 1 aromatic heterocycles. The smallest absolute Gasteiger partial charge is 0.363 e. The summed E-state index contributed by atoms with van der Waals surface area (Å²) in [7, 11) is 0. The first kappa shape index (κ1) is 17.3. The monoisotopic (exact) mass is 329 g/mol. The molecule has 0 atom stereocenters. The van der Waals surface area contributed by atoms with Crippen LogP contribution in [0.2, 0.25) is 0 Å². The van der Waals surface area contributed by atoms with Gasteiger partial charge in [0.2, 0.25) is 0 Å². The predicted molar refractivity (Wildman–Crippen MR) is 90.3 cm³/mol. The van der Waals surface area contributed by atoms with Gasteiger partial charge in [-0.3, -0.25) is 10.2 Å². The van der Waals surface area contributed by atoms with Crippen LogP contribution in [0.5, 0.6) is 5.75 Å². The Morgan fingerprint density at radius 2 is 1.96 bits per heavy atom. The standard InChI is InChI=1S/C16H19N5O3/c1-10(22)24-12-7-5-11(6-8-12)9-17-20-14-13(16(2,3)4)19-21-15(23)18-14/h5-9H,1-4H3,(H2,18,20,21,23)/b17-9+. The average molecular weight is 329 g/mol. The van der Waals surface area contributed by atoms with Crippen molar-refractivity contribution in [1.82, 2.24) is 15.2 Å². The van der Waals surface area contributed by atoms with Crippen molar-refractivity contribution in [1.29, 1.82) is 0 Å². The lowest BCUT2D eigenvalue weighted by atomic mass is 9.92. The molecular formula is C16H19N5O3. The van der Waals surface area contributed by atoms with Crippen LogP contribution in [-0.4, -0.2) is 27.4 Å². The zero-order chi connectivity index (χ0) is 17.7. The van der Waals surface area contributed by atoms with Crippen molar-refractivity contribution in [2.45, 2.75) is 33.1 Å². The van der Waals surface area contributed by atoms with E-state index in [1.165, 1.54) is 6.92 Å². The number of hydrogen-bond donors (Lipinski definition) is 2. The second-order valence-electron chi connectivity index (χ2n) is 6.12. The summed E-state index contributed by atoms with van der Waals surface area (Å²) < 4.78 is 4.95. The summed E-state index contributed by atoms with van der Waals surface area (Å²) >= 11 is 0. The third-order valence-electron chi connectivity index (χ3n) is 2.94. The van der Waals surface area contributed by atoms with Gasteiger partial charge in [-0.25, -0.2) is 9.89 Å². The van der Waals surface area contributed by atoms with Crippen molar-refractivity contribution in [3.05, 3.63) is 46.0 Å². The highest BCUT2D eigenvalue weighted by Crippen LogP contribution is 2.24. The fourth-order valence-corrected chi connectivity index (χ4v) is 1.89. The second kappa shape index (κ2) is 7.03. The molecule has 0 saturated heterocycles. The van der Waals surface area contributed by atoms with Crippen LogP contribution in [0, 0.1) is 0 Å². The van der Waals surface area contributed by atoms with Gasteiger partial charge < -0.3 is 4.74 Å². The van der Waals surface area contributed by atoms with Gasteiger partial charge >= 0.3 is 11.7 Å². The largest absolute Gasteiger partial charge is 0.427 e. The Morgan fingerprint density at radius 1 is 1.29 bits per heavy atom. The quantitative estimate of drug-likeness (QED) is 0.383. The molecule has 0 aliphatic heterocycles. The van der Waals surface area contributed by atoms with Gasteiger partial charge in [-0.2, -0.15) is 15.2 Å². The normalized spacial score (nSPS) is 11.5. The number of benzene rings is 1. The van der Waals surface area contributed by atoms with Gasteiger partial charge in [0.1, 0.15) is 11.4 Å². The van der Waals surface area contributed by atoms with Crippen LogP contribution in [0.4, 0.5) is 5.82 Å². The number of carbonyl (C=O) groups is 1. The van der Waals surface area contributed by atoms with Crippen LogP contribution in [0.1, 0.15) is 39.0 Å². The predicted octanol–water partition coefficient (Wildman–Crippen LogP) is 1.83. The number of aromatic nitrogens is 3. The number of carbonyl (C=O) groups excluding carboxylic acids is 1. The van der Waals surface area contributed by atoms with Crippen molar-refractivity contribution < 1.29 is 9.53 Å². The Labute approximate surface area is 139 Å². The van der Waals surface area contributed by atoms with E-state index in [1.54, 1.807) is 30.5 Å². The Balaban J connectivity index is 2.13. The molecule has 8 heteroatoms. The van der Waals surface area contributed by atoms with Gasteiger partial charge in [0, 0.05) is 12.3 Å². The van der Waals surface area contributed by atoms with Crippen molar-refractivity contribution in [3.63, 3.8) is 0 Å². The molecule has 8 nitrogen and oxygen atoms in total. The van der Waals surface area contributed by atoms with Crippen molar-refractivity contribution in [3.8, 4) is 5.75 Å². The summed E-state index contributed by atoms with van der Waals surface area (Å²) in [6.45, 7) is 7.21. The zero-order valence-corrected chi connectivity index (χ0v) is 14.0. The van der Waals surface area contributed by atoms with Crippen LogP contribution < -0.4 is 15.9 Å². The van der Waals surface area contributed by atoms with E-state index in [9.17, 15) is 9.59 Å². The van der Waals surface area contributed by atoms with E-state index in [1.807, 2.05) is 20.8 Å². The second-order valence-corrected chi connectivity index (χ2v) is 6.12. The molecule has 2 rings (SSSR count). The Hall–Kier alpha value is -3.03. The molecule has 2 aromatic rings. The molecule has 2 N–H and O–H groups in total. The SMILES string of the molecule is CC(=O)Oc1ccc(/C=N/Nc2nc(=O)[nH]nc2C(C)(C)C)cc1. The topological polar surface area (TPSA) is 109 Å². The Bertz CT molecular complexity index is 804. The average Bonchev–Trinajstić information content (AvgIpc) is 2.47. The molecule has 24 heavy (non-hydrogen) atoms. The molecule has 0 aliphatic rings. The molecular weight excluding hydrogens is 310 g/mol. The van der Waals surface area contributed by atoms with Crippen LogP contribution in [-0.2, 0) is 10.2 Å².